The Bertz CT molecular complexity index is 2110. The highest BCUT2D eigenvalue weighted by Gasteiger charge is 2.45. The topological polar surface area (TPSA) is 203 Å². The minimum Gasteiger partial charge on any atom is -0.379 e. The molecule has 3 atom stereocenters. The molecule has 5 heterocycles. The number of fused-ring (bicyclic) bond motifs is 2. The third kappa shape index (κ3) is 8.71. The van der Waals surface area contributed by atoms with E-state index in [-0.39, 0.29) is 42.3 Å². The van der Waals surface area contributed by atoms with Crippen molar-refractivity contribution in [2.75, 3.05) is 47.5 Å². The standard InChI is InChI=1S/C40H47N11O6S/c52-33(42-25-11-13-27(14-12-25)48-18-20-49(21-19-48)35(54)24-58-40-43-29-7-1-2-8-30(29)44-40)10-3-4-17-50-23-26(46-47-50)22-41-31-9-5-6-28-36(31)39(57)51(38(28)56)32-15-16-34(53)45-37(32)55/h5-6,9,11-14,23,29-30,32,41H,1-4,7-8,10,15-22,24H2,(H,42,52)(H,43,44)(H,45,53,55)/t29-,30-,32?/m1/s1. The van der Waals surface area contributed by atoms with Crippen LogP contribution >= 0.6 is 11.8 Å². The number of imide groups is 2. The number of aryl methyl sites for hydroxylation is 1. The van der Waals surface area contributed by atoms with Crippen molar-refractivity contribution in [3.05, 3.63) is 65.5 Å². The van der Waals surface area contributed by atoms with Crippen molar-refractivity contribution < 1.29 is 28.8 Å². The summed E-state index contributed by atoms with van der Waals surface area (Å²) in [7, 11) is 0. The van der Waals surface area contributed by atoms with Gasteiger partial charge in [0, 0.05) is 62.6 Å². The van der Waals surface area contributed by atoms with E-state index in [2.05, 4.69) is 36.5 Å². The maximum absolute atomic E-state index is 13.4. The van der Waals surface area contributed by atoms with Gasteiger partial charge in [0.1, 0.15) is 11.7 Å². The molecule has 3 aromatic rings. The molecule has 2 aromatic carbocycles. The number of aliphatic imine (C=N–C) groups is 1. The summed E-state index contributed by atoms with van der Waals surface area (Å²) in [6.45, 7) is 3.65. The summed E-state index contributed by atoms with van der Waals surface area (Å²) in [5.41, 5.74) is 3.21. The van der Waals surface area contributed by atoms with Gasteiger partial charge in [-0.1, -0.05) is 35.9 Å². The maximum Gasteiger partial charge on any atom is 0.264 e. The van der Waals surface area contributed by atoms with Gasteiger partial charge in [0.05, 0.1) is 41.7 Å². The Labute approximate surface area is 339 Å². The van der Waals surface area contributed by atoms with Crippen LogP contribution in [0.5, 0.6) is 0 Å². The van der Waals surface area contributed by atoms with Gasteiger partial charge >= 0.3 is 0 Å². The number of aromatic nitrogens is 3. The molecule has 18 heteroatoms. The molecule has 8 rings (SSSR count). The van der Waals surface area contributed by atoms with E-state index in [1.165, 1.54) is 24.6 Å². The molecule has 0 radical (unpaired) electrons. The smallest absolute Gasteiger partial charge is 0.264 e. The Morgan fingerprint density at radius 2 is 1.72 bits per heavy atom. The molecule has 2 saturated heterocycles. The molecule has 0 spiro atoms. The lowest BCUT2D eigenvalue weighted by Gasteiger charge is -2.36. The Balaban J connectivity index is 0.725. The molecule has 1 saturated carbocycles. The molecule has 0 bridgehead atoms. The number of carbonyl (C=O) groups is 6. The van der Waals surface area contributed by atoms with Gasteiger partial charge in [-0.3, -0.25) is 48.7 Å². The van der Waals surface area contributed by atoms with Gasteiger partial charge in [0.2, 0.25) is 23.6 Å². The fourth-order valence-corrected chi connectivity index (χ4v) is 9.10. The van der Waals surface area contributed by atoms with Crippen molar-refractivity contribution in [1.82, 2.24) is 35.4 Å². The third-order valence-corrected chi connectivity index (χ3v) is 12.2. The van der Waals surface area contributed by atoms with Crippen LogP contribution in [0.2, 0.25) is 0 Å². The first-order chi connectivity index (χ1) is 28.2. The van der Waals surface area contributed by atoms with Crippen molar-refractivity contribution >= 4 is 69.4 Å². The summed E-state index contributed by atoms with van der Waals surface area (Å²) in [5.74, 6) is -1.75. The first kappa shape index (κ1) is 39.1. The predicted octanol–water partition coefficient (Wildman–Crippen LogP) is 2.75. The first-order valence-electron chi connectivity index (χ1n) is 20.1. The van der Waals surface area contributed by atoms with Gasteiger partial charge in [-0.2, -0.15) is 0 Å². The monoisotopic (exact) mass is 809 g/mol. The van der Waals surface area contributed by atoms with Gasteiger partial charge in [-0.25, -0.2) is 0 Å². The Kier molecular flexibility index (Phi) is 11.7. The molecule has 1 unspecified atom stereocenters. The molecule has 5 aliphatic rings. The van der Waals surface area contributed by atoms with E-state index in [4.69, 9.17) is 4.99 Å². The van der Waals surface area contributed by atoms with Crippen LogP contribution in [0.15, 0.2) is 53.7 Å². The van der Waals surface area contributed by atoms with Crippen LogP contribution in [-0.4, -0.2) is 115 Å². The first-order valence-corrected chi connectivity index (χ1v) is 21.1. The van der Waals surface area contributed by atoms with Crippen LogP contribution in [0.3, 0.4) is 0 Å². The largest absolute Gasteiger partial charge is 0.379 e. The Hall–Kier alpha value is -5.78. The van der Waals surface area contributed by atoms with Crippen LogP contribution in [0.25, 0.3) is 0 Å². The zero-order chi connectivity index (χ0) is 40.2. The van der Waals surface area contributed by atoms with Crippen molar-refractivity contribution in [3.8, 4) is 0 Å². The van der Waals surface area contributed by atoms with Crippen molar-refractivity contribution in [2.45, 2.75) is 89.0 Å². The number of piperidine rings is 1. The number of benzene rings is 2. The number of amidine groups is 1. The number of piperazine rings is 1. The normalized spacial score (nSPS) is 21.6. The fourth-order valence-electron chi connectivity index (χ4n) is 8.21. The van der Waals surface area contributed by atoms with E-state index in [1.807, 2.05) is 29.2 Å². The lowest BCUT2D eigenvalue weighted by molar-refractivity contribution is -0.136. The van der Waals surface area contributed by atoms with Crippen LogP contribution in [0.4, 0.5) is 17.1 Å². The molecule has 6 amide bonds. The van der Waals surface area contributed by atoms with Crippen molar-refractivity contribution in [1.29, 1.82) is 0 Å². The number of unbranched alkanes of at least 4 members (excludes halogenated alkanes) is 1. The third-order valence-electron chi connectivity index (χ3n) is 11.4. The molecule has 304 valence electrons. The molecular weight excluding hydrogens is 763 g/mol. The van der Waals surface area contributed by atoms with Gasteiger partial charge < -0.3 is 25.8 Å². The van der Waals surface area contributed by atoms with E-state index in [9.17, 15) is 28.8 Å². The summed E-state index contributed by atoms with van der Waals surface area (Å²) in [6, 6.07) is 12.5. The van der Waals surface area contributed by atoms with Crippen LogP contribution in [-0.2, 0) is 32.3 Å². The lowest BCUT2D eigenvalue weighted by Crippen LogP contribution is -2.54. The number of hydrogen-bond donors (Lipinski definition) is 4. The number of amides is 6. The van der Waals surface area contributed by atoms with E-state index >= 15 is 0 Å². The Morgan fingerprint density at radius 3 is 2.52 bits per heavy atom. The molecule has 3 fully saturated rings. The average molecular weight is 810 g/mol. The minimum atomic E-state index is -1.04. The number of nitrogens with zero attached hydrogens (tertiary/aromatic N) is 7. The number of rotatable bonds is 13. The van der Waals surface area contributed by atoms with Crippen LogP contribution < -0.4 is 26.2 Å². The second kappa shape index (κ2) is 17.4. The van der Waals surface area contributed by atoms with Gasteiger partial charge in [0.25, 0.3) is 11.8 Å². The van der Waals surface area contributed by atoms with Crippen LogP contribution in [0, 0.1) is 0 Å². The van der Waals surface area contributed by atoms with Crippen molar-refractivity contribution in [2.24, 2.45) is 4.99 Å². The number of thioether (sulfide) groups is 1. The van der Waals surface area contributed by atoms with E-state index in [0.717, 1.165) is 47.4 Å². The molecular formula is C40H47N11O6S. The number of hydrogen-bond acceptors (Lipinski definition) is 13. The molecule has 1 aliphatic carbocycles. The zero-order valence-corrected chi connectivity index (χ0v) is 33.0. The minimum absolute atomic E-state index is 0.0499. The molecule has 17 nitrogen and oxygen atoms in total. The number of nitrogens with one attached hydrogen (secondary N) is 4. The van der Waals surface area contributed by atoms with E-state index in [0.29, 0.717) is 68.1 Å². The highest BCUT2D eigenvalue weighted by atomic mass is 32.2. The fraction of sp³-hybridized carbons (Fsp3) is 0.475. The van der Waals surface area contributed by atoms with Gasteiger partial charge in [-0.15, -0.1) is 5.10 Å². The Morgan fingerprint density at radius 1 is 0.914 bits per heavy atom. The highest BCUT2D eigenvalue weighted by molar-refractivity contribution is 8.14. The number of anilines is 3. The number of carbonyl (C=O) groups excluding carboxylic acids is 6. The van der Waals surface area contributed by atoms with Gasteiger partial charge in [-0.05, 0) is 68.5 Å². The van der Waals surface area contributed by atoms with Crippen LogP contribution in [0.1, 0.15) is 84.2 Å². The maximum atomic E-state index is 13.4. The average Bonchev–Trinajstić information content (AvgIpc) is 3.94. The second-order valence-electron chi connectivity index (χ2n) is 15.2. The summed E-state index contributed by atoms with van der Waals surface area (Å²) < 4.78 is 1.70. The summed E-state index contributed by atoms with van der Waals surface area (Å²) in [5, 5.41) is 21.2. The molecule has 4 N–H and O–H groups in total. The summed E-state index contributed by atoms with van der Waals surface area (Å²) in [4.78, 5) is 86.1. The molecule has 58 heavy (non-hydrogen) atoms. The summed E-state index contributed by atoms with van der Waals surface area (Å²) >= 11 is 1.53. The highest BCUT2D eigenvalue weighted by Crippen LogP contribution is 2.33. The second-order valence-corrected chi connectivity index (χ2v) is 16.2. The molecule has 1 aromatic heterocycles. The molecule has 4 aliphatic heterocycles. The van der Waals surface area contributed by atoms with E-state index in [1.54, 1.807) is 29.1 Å². The SMILES string of the molecule is O=C1CCC(N2C(=O)c3cccc(NCc4cn(CCCCC(=O)Nc5ccc(N6CCN(C(=O)CSC7=N[C@@H]8CCCC[C@H]8N7)CC6)cc5)nn4)c3C2=O)C(=O)N1. The lowest BCUT2D eigenvalue weighted by atomic mass is 9.92. The van der Waals surface area contributed by atoms with Crippen molar-refractivity contribution in [3.63, 3.8) is 0 Å². The van der Waals surface area contributed by atoms with E-state index < -0.39 is 29.7 Å². The predicted molar refractivity (Wildman–Crippen MR) is 217 cm³/mol. The summed E-state index contributed by atoms with van der Waals surface area (Å²) in [6.07, 6.45) is 8.42. The quantitative estimate of drug-likeness (QED) is 0.146. The van der Waals surface area contributed by atoms with Gasteiger partial charge in [0.15, 0.2) is 5.17 Å². The zero-order valence-electron chi connectivity index (χ0n) is 32.2.